The third-order valence-electron chi connectivity index (χ3n) is 6.53. The van der Waals surface area contributed by atoms with Gasteiger partial charge in [0.25, 0.3) is 0 Å². The Hall–Kier alpha value is -3.39. The molecule has 1 fully saturated rings. The normalized spacial score (nSPS) is 15.9. The summed E-state index contributed by atoms with van der Waals surface area (Å²) in [5, 5.41) is 14.4. The molecular weight excluding hydrogens is 434 g/mol. The summed E-state index contributed by atoms with van der Waals surface area (Å²) in [5.41, 5.74) is 4.45. The van der Waals surface area contributed by atoms with Gasteiger partial charge in [-0.15, -0.1) is 0 Å². The van der Waals surface area contributed by atoms with Crippen LogP contribution >= 0.6 is 0 Å². The number of hydrogen-bond acceptors (Lipinski definition) is 5. The highest BCUT2D eigenvalue weighted by Gasteiger charge is 2.30. The predicted octanol–water partition coefficient (Wildman–Crippen LogP) is 2.97. The van der Waals surface area contributed by atoms with Gasteiger partial charge in [-0.3, -0.25) is 9.59 Å². The molecule has 0 aromatic heterocycles. The molecule has 1 unspecified atom stereocenters. The van der Waals surface area contributed by atoms with Gasteiger partial charge in [-0.25, -0.2) is 4.79 Å². The highest BCUT2D eigenvalue weighted by molar-refractivity contribution is 5.86. The molecule has 1 heterocycles. The summed E-state index contributed by atoms with van der Waals surface area (Å²) in [6.45, 7) is 3.37. The Morgan fingerprint density at radius 3 is 2.24 bits per heavy atom. The van der Waals surface area contributed by atoms with Crippen molar-refractivity contribution in [3.05, 3.63) is 59.7 Å². The van der Waals surface area contributed by atoms with E-state index in [0.29, 0.717) is 6.54 Å². The number of hydrogen-bond donors (Lipinski definition) is 3. The quantitative estimate of drug-likeness (QED) is 0.498. The van der Waals surface area contributed by atoms with Crippen molar-refractivity contribution < 1.29 is 24.2 Å². The maximum atomic E-state index is 12.7. The van der Waals surface area contributed by atoms with E-state index in [-0.39, 0.29) is 25.4 Å². The van der Waals surface area contributed by atoms with Crippen molar-refractivity contribution >= 4 is 18.0 Å². The van der Waals surface area contributed by atoms with Crippen LogP contribution in [-0.4, -0.2) is 66.8 Å². The van der Waals surface area contributed by atoms with Gasteiger partial charge in [0.2, 0.25) is 5.91 Å². The number of alkyl carbamates (subject to hydrolysis) is 1. The fourth-order valence-corrected chi connectivity index (χ4v) is 4.79. The van der Waals surface area contributed by atoms with E-state index in [1.165, 1.54) is 12.8 Å². The van der Waals surface area contributed by atoms with Crippen LogP contribution in [0.3, 0.4) is 0 Å². The first-order valence-electron chi connectivity index (χ1n) is 11.9. The summed E-state index contributed by atoms with van der Waals surface area (Å²) in [4.78, 5) is 38.6. The van der Waals surface area contributed by atoms with Gasteiger partial charge in [-0.05, 0) is 54.6 Å². The molecule has 0 radical (unpaired) electrons. The van der Waals surface area contributed by atoms with E-state index in [4.69, 9.17) is 9.84 Å². The van der Waals surface area contributed by atoms with Gasteiger partial charge in [0.05, 0.1) is 0 Å². The van der Waals surface area contributed by atoms with Crippen LogP contribution in [0.25, 0.3) is 11.1 Å². The smallest absolute Gasteiger partial charge is 0.407 e. The minimum atomic E-state index is -1.02. The number of carbonyl (C=O) groups is 3. The summed E-state index contributed by atoms with van der Waals surface area (Å²) < 4.78 is 5.53. The molecule has 3 N–H and O–H groups in total. The van der Waals surface area contributed by atoms with Crippen LogP contribution in [0.4, 0.5) is 4.79 Å². The van der Waals surface area contributed by atoms with Crippen LogP contribution in [0.5, 0.6) is 0 Å². The second-order valence-electron chi connectivity index (χ2n) is 8.79. The Morgan fingerprint density at radius 1 is 1.00 bits per heavy atom. The molecule has 2 amide bonds. The molecule has 1 aliphatic heterocycles. The summed E-state index contributed by atoms with van der Waals surface area (Å²) in [6, 6.07) is 15.1. The van der Waals surface area contributed by atoms with Crippen molar-refractivity contribution in [1.82, 2.24) is 15.5 Å². The van der Waals surface area contributed by atoms with Crippen molar-refractivity contribution in [1.29, 1.82) is 0 Å². The number of aliphatic carboxylic acids is 1. The first-order chi connectivity index (χ1) is 16.5. The Morgan fingerprint density at radius 2 is 1.62 bits per heavy atom. The second kappa shape index (κ2) is 11.2. The third kappa shape index (κ3) is 5.75. The minimum Gasteiger partial charge on any atom is -0.481 e. The molecule has 0 saturated carbocycles. The summed E-state index contributed by atoms with van der Waals surface area (Å²) in [5.74, 6) is -1.51. The first-order valence-corrected chi connectivity index (χ1v) is 11.9. The Bertz CT molecular complexity index is 989. The van der Waals surface area contributed by atoms with Gasteiger partial charge < -0.3 is 25.4 Å². The molecule has 1 aliphatic carbocycles. The molecule has 2 aliphatic rings. The van der Waals surface area contributed by atoms with E-state index in [1.54, 1.807) is 0 Å². The highest BCUT2D eigenvalue weighted by Crippen LogP contribution is 2.44. The number of benzene rings is 2. The predicted molar refractivity (Wildman–Crippen MR) is 128 cm³/mol. The molecule has 2 aromatic carbocycles. The third-order valence-corrected chi connectivity index (χ3v) is 6.53. The van der Waals surface area contributed by atoms with Gasteiger partial charge in [-0.2, -0.15) is 0 Å². The molecule has 0 bridgehead atoms. The average molecular weight is 466 g/mol. The Kier molecular flexibility index (Phi) is 7.80. The van der Waals surface area contributed by atoms with E-state index in [1.807, 2.05) is 36.4 Å². The number of nitrogens with one attached hydrogen (secondary N) is 2. The van der Waals surface area contributed by atoms with Crippen LogP contribution in [0.2, 0.25) is 0 Å². The molecule has 1 atom stereocenters. The lowest BCUT2D eigenvalue weighted by Gasteiger charge is -2.20. The molecule has 4 rings (SSSR count). The fourth-order valence-electron chi connectivity index (χ4n) is 4.79. The van der Waals surface area contributed by atoms with E-state index >= 15 is 0 Å². The zero-order valence-corrected chi connectivity index (χ0v) is 19.2. The number of likely N-dealkylation sites (tertiary alicyclic amines) is 1. The van der Waals surface area contributed by atoms with Crippen molar-refractivity contribution in [3.63, 3.8) is 0 Å². The topological polar surface area (TPSA) is 108 Å². The van der Waals surface area contributed by atoms with Crippen molar-refractivity contribution in [2.24, 2.45) is 0 Å². The maximum absolute atomic E-state index is 12.7. The van der Waals surface area contributed by atoms with Gasteiger partial charge in [0.15, 0.2) is 0 Å². The average Bonchev–Trinajstić information content (AvgIpc) is 3.46. The SMILES string of the molecule is O=C(O)CCC(NC(=O)OCC1c2ccccc2-c2ccccc21)C(=O)NCCN1CCCC1. The van der Waals surface area contributed by atoms with Crippen LogP contribution in [0.15, 0.2) is 48.5 Å². The zero-order valence-electron chi connectivity index (χ0n) is 19.2. The molecule has 0 spiro atoms. The lowest BCUT2D eigenvalue weighted by Crippen LogP contribution is -2.48. The number of carboxylic acid groups (broad SMARTS) is 1. The van der Waals surface area contributed by atoms with Crippen LogP contribution in [0.1, 0.15) is 42.7 Å². The first kappa shape index (κ1) is 23.8. The van der Waals surface area contributed by atoms with Gasteiger partial charge in [0.1, 0.15) is 12.6 Å². The molecule has 2 aromatic rings. The molecule has 180 valence electrons. The van der Waals surface area contributed by atoms with Gasteiger partial charge in [-0.1, -0.05) is 48.5 Å². The van der Waals surface area contributed by atoms with Crippen molar-refractivity contribution in [2.75, 3.05) is 32.8 Å². The number of rotatable bonds is 10. The molecule has 1 saturated heterocycles. The molecule has 8 heteroatoms. The van der Waals surface area contributed by atoms with Crippen molar-refractivity contribution in [2.45, 2.75) is 37.6 Å². The number of ether oxygens (including phenoxy) is 1. The second-order valence-corrected chi connectivity index (χ2v) is 8.79. The number of carboxylic acids is 1. The van der Waals surface area contributed by atoms with E-state index in [0.717, 1.165) is 41.9 Å². The van der Waals surface area contributed by atoms with Crippen LogP contribution in [0, 0.1) is 0 Å². The molecule has 8 nitrogen and oxygen atoms in total. The summed E-state index contributed by atoms with van der Waals surface area (Å²) in [6.07, 6.45) is 1.37. The Labute approximate surface area is 199 Å². The molecular formula is C26H31N3O5. The number of nitrogens with zero attached hydrogens (tertiary/aromatic N) is 1. The van der Waals surface area contributed by atoms with Crippen LogP contribution < -0.4 is 10.6 Å². The fraction of sp³-hybridized carbons (Fsp3) is 0.423. The maximum Gasteiger partial charge on any atom is 0.407 e. The highest BCUT2D eigenvalue weighted by atomic mass is 16.5. The van der Waals surface area contributed by atoms with E-state index < -0.39 is 24.0 Å². The van der Waals surface area contributed by atoms with E-state index in [2.05, 4.69) is 27.7 Å². The monoisotopic (exact) mass is 465 g/mol. The Balaban J connectivity index is 1.34. The summed E-state index contributed by atoms with van der Waals surface area (Å²) in [7, 11) is 0. The van der Waals surface area contributed by atoms with E-state index in [9.17, 15) is 14.4 Å². The van der Waals surface area contributed by atoms with Gasteiger partial charge in [0, 0.05) is 25.4 Å². The van der Waals surface area contributed by atoms with Crippen LogP contribution in [-0.2, 0) is 14.3 Å². The minimum absolute atomic E-state index is 0.00488. The summed E-state index contributed by atoms with van der Waals surface area (Å²) >= 11 is 0. The zero-order chi connectivity index (χ0) is 23.9. The van der Waals surface area contributed by atoms with Crippen molar-refractivity contribution in [3.8, 4) is 11.1 Å². The standard InChI is InChI=1S/C26H31N3O5/c30-24(31)12-11-23(25(32)27-13-16-29-14-5-6-15-29)28-26(33)34-17-22-20-9-3-1-7-18(20)19-8-2-4-10-21(19)22/h1-4,7-10,22-23H,5-6,11-17H2,(H,27,32)(H,28,33)(H,30,31). The number of carbonyl (C=O) groups excluding carboxylic acids is 2. The lowest BCUT2D eigenvalue weighted by atomic mass is 9.98. The number of amides is 2. The molecule has 34 heavy (non-hydrogen) atoms. The number of fused-ring (bicyclic) bond motifs is 3. The van der Waals surface area contributed by atoms with Gasteiger partial charge >= 0.3 is 12.1 Å². The largest absolute Gasteiger partial charge is 0.481 e. The lowest BCUT2D eigenvalue weighted by molar-refractivity contribution is -0.137.